The predicted octanol–water partition coefficient (Wildman–Crippen LogP) is 1.66. The molecule has 1 aromatic carbocycles. The number of hydrogen-bond acceptors (Lipinski definition) is 3. The minimum Gasteiger partial charge on any atom is -0.392 e. The lowest BCUT2D eigenvalue weighted by molar-refractivity contribution is 0.149. The number of aliphatic hydroxyl groups is 1. The van der Waals surface area contributed by atoms with Gasteiger partial charge in [-0.1, -0.05) is 30.3 Å². The second-order valence-corrected chi connectivity index (χ2v) is 4.61. The predicted molar refractivity (Wildman–Crippen MR) is 72.5 cm³/mol. The first-order valence-electron chi connectivity index (χ1n) is 6.53. The molecule has 3 nitrogen and oxygen atoms in total. The van der Waals surface area contributed by atoms with Gasteiger partial charge in [-0.05, 0) is 36.1 Å². The fourth-order valence-electron chi connectivity index (χ4n) is 2.02. The van der Waals surface area contributed by atoms with Crippen molar-refractivity contribution >= 4 is 0 Å². The third-order valence-corrected chi connectivity index (χ3v) is 3.13. The standard InChI is InChI=1S/C15H21NO2/c17-11-14-5-3-13(4-6-14)7-8-16-10-15-2-1-9-18-12-15/h2-6,16-17H,1,7-12H2. The van der Waals surface area contributed by atoms with Gasteiger partial charge in [-0.15, -0.1) is 0 Å². The second-order valence-electron chi connectivity index (χ2n) is 4.61. The van der Waals surface area contributed by atoms with E-state index in [1.54, 1.807) is 0 Å². The normalized spacial score (nSPS) is 15.5. The van der Waals surface area contributed by atoms with Gasteiger partial charge in [0.05, 0.1) is 19.8 Å². The molecule has 0 fully saturated rings. The summed E-state index contributed by atoms with van der Waals surface area (Å²) in [6.07, 6.45) is 4.33. The van der Waals surface area contributed by atoms with Crippen LogP contribution < -0.4 is 5.32 Å². The first-order chi connectivity index (χ1) is 8.88. The van der Waals surface area contributed by atoms with Gasteiger partial charge in [0.15, 0.2) is 0 Å². The second kappa shape index (κ2) is 7.31. The van der Waals surface area contributed by atoms with Crippen molar-refractivity contribution in [1.82, 2.24) is 5.32 Å². The van der Waals surface area contributed by atoms with Crippen LogP contribution in [0.2, 0.25) is 0 Å². The Morgan fingerprint density at radius 1 is 1.17 bits per heavy atom. The summed E-state index contributed by atoms with van der Waals surface area (Å²) in [6, 6.07) is 8.12. The van der Waals surface area contributed by atoms with Gasteiger partial charge in [-0.2, -0.15) is 0 Å². The molecule has 98 valence electrons. The Morgan fingerprint density at radius 3 is 2.61 bits per heavy atom. The summed E-state index contributed by atoms with van der Waals surface area (Å²) < 4.78 is 5.39. The summed E-state index contributed by atoms with van der Waals surface area (Å²) in [5.41, 5.74) is 3.63. The molecule has 1 heterocycles. The van der Waals surface area contributed by atoms with Gasteiger partial charge in [-0.25, -0.2) is 0 Å². The molecule has 1 aliphatic heterocycles. The van der Waals surface area contributed by atoms with Gasteiger partial charge in [0.2, 0.25) is 0 Å². The number of ether oxygens (including phenoxy) is 1. The first kappa shape index (κ1) is 13.3. The van der Waals surface area contributed by atoms with E-state index in [1.165, 1.54) is 11.1 Å². The van der Waals surface area contributed by atoms with Gasteiger partial charge in [0.1, 0.15) is 0 Å². The zero-order valence-corrected chi connectivity index (χ0v) is 10.7. The summed E-state index contributed by atoms with van der Waals surface area (Å²) in [6.45, 7) is 3.65. The fraction of sp³-hybridized carbons (Fsp3) is 0.467. The summed E-state index contributed by atoms with van der Waals surface area (Å²) in [5, 5.41) is 12.4. The molecule has 0 bridgehead atoms. The van der Waals surface area contributed by atoms with Gasteiger partial charge in [0.25, 0.3) is 0 Å². The van der Waals surface area contributed by atoms with Crippen LogP contribution >= 0.6 is 0 Å². The molecular formula is C15H21NO2. The van der Waals surface area contributed by atoms with Gasteiger partial charge in [0, 0.05) is 6.54 Å². The van der Waals surface area contributed by atoms with Crippen molar-refractivity contribution in [2.24, 2.45) is 0 Å². The van der Waals surface area contributed by atoms with Crippen LogP contribution in [0.3, 0.4) is 0 Å². The number of benzene rings is 1. The monoisotopic (exact) mass is 247 g/mol. The van der Waals surface area contributed by atoms with E-state index in [0.29, 0.717) is 0 Å². The largest absolute Gasteiger partial charge is 0.392 e. The Kier molecular flexibility index (Phi) is 5.39. The lowest BCUT2D eigenvalue weighted by Crippen LogP contribution is -2.23. The maximum atomic E-state index is 8.96. The average molecular weight is 247 g/mol. The van der Waals surface area contributed by atoms with Crippen molar-refractivity contribution in [1.29, 1.82) is 0 Å². The highest BCUT2D eigenvalue weighted by Gasteiger charge is 2.02. The molecule has 3 heteroatoms. The molecule has 1 aliphatic rings. The third kappa shape index (κ3) is 4.26. The topological polar surface area (TPSA) is 41.5 Å². The summed E-state index contributed by atoms with van der Waals surface area (Å²) in [5.74, 6) is 0. The molecule has 18 heavy (non-hydrogen) atoms. The molecule has 0 spiro atoms. The Hall–Kier alpha value is -1.16. The molecule has 0 amide bonds. The van der Waals surface area contributed by atoms with Crippen molar-refractivity contribution in [3.8, 4) is 0 Å². The van der Waals surface area contributed by atoms with E-state index in [0.717, 1.165) is 44.7 Å². The van der Waals surface area contributed by atoms with Crippen LogP contribution in [-0.2, 0) is 17.8 Å². The van der Waals surface area contributed by atoms with Gasteiger partial charge < -0.3 is 15.2 Å². The third-order valence-electron chi connectivity index (χ3n) is 3.13. The number of nitrogens with one attached hydrogen (secondary N) is 1. The highest BCUT2D eigenvalue weighted by Crippen LogP contribution is 2.06. The summed E-state index contributed by atoms with van der Waals surface area (Å²) in [7, 11) is 0. The highest BCUT2D eigenvalue weighted by atomic mass is 16.5. The van der Waals surface area contributed by atoms with Crippen molar-refractivity contribution in [3.05, 3.63) is 47.0 Å². The number of rotatable bonds is 6. The minimum absolute atomic E-state index is 0.118. The smallest absolute Gasteiger partial charge is 0.0689 e. The van der Waals surface area contributed by atoms with E-state index in [2.05, 4.69) is 23.5 Å². The molecule has 2 rings (SSSR count). The molecule has 0 aliphatic carbocycles. The van der Waals surface area contributed by atoms with E-state index in [4.69, 9.17) is 9.84 Å². The van der Waals surface area contributed by atoms with E-state index in [1.807, 2.05) is 12.1 Å². The first-order valence-corrected chi connectivity index (χ1v) is 6.53. The Morgan fingerprint density at radius 2 is 1.94 bits per heavy atom. The Bertz CT molecular complexity index is 384. The van der Waals surface area contributed by atoms with Crippen LogP contribution in [0.4, 0.5) is 0 Å². The maximum absolute atomic E-state index is 8.96. The summed E-state index contributed by atoms with van der Waals surface area (Å²) in [4.78, 5) is 0. The van der Waals surface area contributed by atoms with Crippen LogP contribution in [0.5, 0.6) is 0 Å². The molecule has 0 saturated carbocycles. The zero-order chi connectivity index (χ0) is 12.6. The maximum Gasteiger partial charge on any atom is 0.0689 e. The van der Waals surface area contributed by atoms with Crippen LogP contribution in [0.15, 0.2) is 35.9 Å². The minimum atomic E-state index is 0.118. The molecule has 0 aromatic heterocycles. The van der Waals surface area contributed by atoms with E-state index >= 15 is 0 Å². The molecular weight excluding hydrogens is 226 g/mol. The molecule has 2 N–H and O–H groups in total. The van der Waals surface area contributed by atoms with Crippen molar-refractivity contribution in [2.45, 2.75) is 19.4 Å². The van der Waals surface area contributed by atoms with Crippen LogP contribution in [0, 0.1) is 0 Å². The lowest BCUT2D eigenvalue weighted by atomic mass is 10.1. The van der Waals surface area contributed by atoms with Crippen molar-refractivity contribution in [3.63, 3.8) is 0 Å². The zero-order valence-electron chi connectivity index (χ0n) is 10.7. The Balaban J connectivity index is 1.66. The fourth-order valence-corrected chi connectivity index (χ4v) is 2.02. The van der Waals surface area contributed by atoms with E-state index in [-0.39, 0.29) is 6.61 Å². The van der Waals surface area contributed by atoms with E-state index in [9.17, 15) is 0 Å². The molecule has 0 saturated heterocycles. The van der Waals surface area contributed by atoms with Crippen LogP contribution in [-0.4, -0.2) is 31.4 Å². The summed E-state index contributed by atoms with van der Waals surface area (Å²) >= 11 is 0. The molecule has 0 unspecified atom stereocenters. The highest BCUT2D eigenvalue weighted by molar-refractivity contribution is 5.22. The van der Waals surface area contributed by atoms with Crippen molar-refractivity contribution in [2.75, 3.05) is 26.3 Å². The number of aliphatic hydroxyl groups excluding tert-OH is 1. The van der Waals surface area contributed by atoms with E-state index < -0.39 is 0 Å². The molecule has 1 aromatic rings. The van der Waals surface area contributed by atoms with Gasteiger partial charge in [-0.3, -0.25) is 0 Å². The molecule has 0 atom stereocenters. The lowest BCUT2D eigenvalue weighted by Gasteiger charge is -2.14. The number of hydrogen-bond donors (Lipinski definition) is 2. The SMILES string of the molecule is OCc1ccc(CCNCC2=CCCOC2)cc1. The van der Waals surface area contributed by atoms with Crippen molar-refractivity contribution < 1.29 is 9.84 Å². The van der Waals surface area contributed by atoms with Crippen LogP contribution in [0.25, 0.3) is 0 Å². The quantitative estimate of drug-likeness (QED) is 0.593. The molecule has 0 radical (unpaired) electrons. The average Bonchev–Trinajstić information content (AvgIpc) is 2.45. The Labute approximate surface area is 108 Å². The van der Waals surface area contributed by atoms with Gasteiger partial charge >= 0.3 is 0 Å². The van der Waals surface area contributed by atoms with Crippen LogP contribution in [0.1, 0.15) is 17.5 Å².